The minimum atomic E-state index is 0.207. The Balaban J connectivity index is 1.84. The summed E-state index contributed by atoms with van der Waals surface area (Å²) >= 11 is 0. The minimum absolute atomic E-state index is 0.207. The van der Waals surface area contributed by atoms with Crippen LogP contribution >= 0.6 is 0 Å². The van der Waals surface area contributed by atoms with E-state index in [9.17, 15) is 0 Å². The van der Waals surface area contributed by atoms with Crippen molar-refractivity contribution in [3.63, 3.8) is 0 Å². The van der Waals surface area contributed by atoms with Gasteiger partial charge in [0.25, 0.3) is 0 Å². The number of hydrogen-bond donors (Lipinski definition) is 3. The van der Waals surface area contributed by atoms with Gasteiger partial charge in [0.15, 0.2) is 5.82 Å². The van der Waals surface area contributed by atoms with Gasteiger partial charge in [0, 0.05) is 0 Å². The largest absolute Gasteiger partial charge is 0.370 e. The Hall–Kier alpha value is -1.34. The maximum Gasteiger partial charge on any atom is 0.240 e. The van der Waals surface area contributed by atoms with Crippen LogP contribution in [0.5, 0.6) is 0 Å². The number of ether oxygens (including phenoxy) is 1. The molecule has 2 rings (SSSR count). The Kier molecular flexibility index (Phi) is 3.02. The van der Waals surface area contributed by atoms with E-state index in [0.29, 0.717) is 12.4 Å². The monoisotopic (exact) mass is 212 g/mol. The summed E-state index contributed by atoms with van der Waals surface area (Å²) < 4.78 is 6.92. The fourth-order valence-corrected chi connectivity index (χ4v) is 1.59. The van der Waals surface area contributed by atoms with Gasteiger partial charge in [-0.15, -0.1) is 10.2 Å². The van der Waals surface area contributed by atoms with Crippen molar-refractivity contribution in [2.45, 2.75) is 25.6 Å². The normalized spacial score (nSPS) is 18.1. The predicted molar refractivity (Wildman–Crippen MR) is 55.3 cm³/mol. The molecule has 0 amide bonds. The van der Waals surface area contributed by atoms with Crippen LogP contribution in [0, 0.1) is 0 Å². The average molecular weight is 212 g/mol. The summed E-state index contributed by atoms with van der Waals surface area (Å²) in [4.78, 5) is 0. The zero-order chi connectivity index (χ0) is 10.7. The Morgan fingerprint density at radius 3 is 2.73 bits per heavy atom. The van der Waals surface area contributed by atoms with Crippen LogP contribution in [0.3, 0.4) is 0 Å². The van der Waals surface area contributed by atoms with Gasteiger partial charge in [-0.3, -0.25) is 0 Å². The molecule has 1 aromatic heterocycles. The van der Waals surface area contributed by atoms with Crippen molar-refractivity contribution in [3.05, 3.63) is 5.82 Å². The molecule has 0 atom stereocenters. The van der Waals surface area contributed by atoms with Crippen molar-refractivity contribution in [1.29, 1.82) is 0 Å². The predicted octanol–water partition coefficient (Wildman–Crippen LogP) is -1.16. The number of piperidine rings is 1. The summed E-state index contributed by atoms with van der Waals surface area (Å²) in [5.41, 5.74) is 5.45. The maximum atomic E-state index is 5.66. The highest BCUT2D eigenvalue weighted by Gasteiger charge is 2.15. The molecule has 0 unspecified atom stereocenters. The van der Waals surface area contributed by atoms with E-state index in [1.807, 2.05) is 0 Å². The highest BCUT2D eigenvalue weighted by Crippen LogP contribution is 2.10. The fraction of sp³-hybridized carbons (Fsp3) is 0.750. The van der Waals surface area contributed by atoms with Crippen LogP contribution in [0.15, 0.2) is 0 Å². The molecule has 0 aromatic carbocycles. The highest BCUT2D eigenvalue weighted by atomic mass is 16.5. The van der Waals surface area contributed by atoms with E-state index < -0.39 is 0 Å². The SMILES string of the molecule is Nc1nnc(COC2CCNCC2)n1N. The number of rotatable bonds is 3. The van der Waals surface area contributed by atoms with E-state index >= 15 is 0 Å². The molecule has 1 aromatic rings. The van der Waals surface area contributed by atoms with Gasteiger partial charge < -0.3 is 21.6 Å². The van der Waals surface area contributed by atoms with Crippen molar-refractivity contribution in [1.82, 2.24) is 20.2 Å². The average Bonchev–Trinajstić information content (AvgIpc) is 2.59. The first-order chi connectivity index (χ1) is 7.27. The Morgan fingerprint density at radius 2 is 2.13 bits per heavy atom. The molecule has 0 spiro atoms. The van der Waals surface area contributed by atoms with E-state index in [1.165, 1.54) is 4.68 Å². The lowest BCUT2D eigenvalue weighted by molar-refractivity contribution is 0.0169. The van der Waals surface area contributed by atoms with E-state index in [0.717, 1.165) is 25.9 Å². The fourth-order valence-electron chi connectivity index (χ4n) is 1.59. The van der Waals surface area contributed by atoms with Crippen LogP contribution in [-0.4, -0.2) is 34.1 Å². The van der Waals surface area contributed by atoms with Crippen LogP contribution in [0.25, 0.3) is 0 Å². The first-order valence-corrected chi connectivity index (χ1v) is 5.04. The topological polar surface area (TPSA) is 104 Å². The molecule has 7 heteroatoms. The maximum absolute atomic E-state index is 5.66. The molecule has 0 aliphatic carbocycles. The van der Waals surface area contributed by atoms with Crippen LogP contribution < -0.4 is 16.9 Å². The molecule has 1 aliphatic rings. The number of hydrogen-bond acceptors (Lipinski definition) is 6. The Morgan fingerprint density at radius 1 is 1.40 bits per heavy atom. The number of nitrogen functional groups attached to an aromatic ring is 2. The smallest absolute Gasteiger partial charge is 0.240 e. The summed E-state index contributed by atoms with van der Waals surface area (Å²) in [6.45, 7) is 2.37. The van der Waals surface area contributed by atoms with Gasteiger partial charge in [0.05, 0.1) is 6.10 Å². The third kappa shape index (κ3) is 2.37. The summed E-state index contributed by atoms with van der Waals surface area (Å²) in [6.07, 6.45) is 2.33. The molecule has 5 N–H and O–H groups in total. The molecule has 0 bridgehead atoms. The summed E-state index contributed by atoms with van der Waals surface area (Å²) in [5, 5.41) is 10.7. The van der Waals surface area contributed by atoms with E-state index in [4.69, 9.17) is 16.3 Å². The molecule has 0 radical (unpaired) electrons. The summed E-state index contributed by atoms with van der Waals surface area (Å²) in [5.74, 6) is 6.36. The molecule has 1 fully saturated rings. The van der Waals surface area contributed by atoms with E-state index in [2.05, 4.69) is 15.5 Å². The number of aromatic nitrogens is 3. The van der Waals surface area contributed by atoms with Gasteiger partial charge in [0.2, 0.25) is 5.95 Å². The molecule has 84 valence electrons. The van der Waals surface area contributed by atoms with E-state index in [-0.39, 0.29) is 12.1 Å². The molecule has 2 heterocycles. The third-order valence-corrected chi connectivity index (χ3v) is 2.53. The lowest BCUT2D eigenvalue weighted by Crippen LogP contribution is -2.32. The molecule has 15 heavy (non-hydrogen) atoms. The number of nitrogens with zero attached hydrogens (tertiary/aromatic N) is 3. The second kappa shape index (κ2) is 4.45. The van der Waals surface area contributed by atoms with Gasteiger partial charge in [-0.2, -0.15) is 0 Å². The standard InChI is InChI=1S/C8H16N6O/c9-8-13-12-7(14(8)10)5-15-6-1-3-11-4-2-6/h6,11H,1-5,10H2,(H2,9,13). The van der Waals surface area contributed by atoms with Gasteiger partial charge in [-0.25, -0.2) is 4.68 Å². The zero-order valence-electron chi connectivity index (χ0n) is 8.52. The quantitative estimate of drug-likeness (QED) is 0.546. The van der Waals surface area contributed by atoms with Crippen molar-refractivity contribution in [2.75, 3.05) is 24.7 Å². The molecular formula is C8H16N6O. The molecule has 7 nitrogen and oxygen atoms in total. The minimum Gasteiger partial charge on any atom is -0.370 e. The van der Waals surface area contributed by atoms with Gasteiger partial charge in [-0.05, 0) is 25.9 Å². The van der Waals surface area contributed by atoms with Crippen molar-refractivity contribution in [2.24, 2.45) is 0 Å². The van der Waals surface area contributed by atoms with Crippen LogP contribution in [0.4, 0.5) is 5.95 Å². The Bertz CT molecular complexity index is 319. The van der Waals surface area contributed by atoms with Gasteiger partial charge >= 0.3 is 0 Å². The van der Waals surface area contributed by atoms with Gasteiger partial charge in [-0.1, -0.05) is 0 Å². The third-order valence-electron chi connectivity index (χ3n) is 2.53. The Labute approximate surface area is 87.8 Å². The van der Waals surface area contributed by atoms with Crippen LogP contribution in [-0.2, 0) is 11.3 Å². The number of anilines is 1. The number of nitrogens with one attached hydrogen (secondary N) is 1. The summed E-state index contributed by atoms with van der Waals surface area (Å²) in [7, 11) is 0. The number of nitrogens with two attached hydrogens (primary N) is 2. The van der Waals surface area contributed by atoms with E-state index in [1.54, 1.807) is 0 Å². The van der Waals surface area contributed by atoms with Crippen molar-refractivity contribution >= 4 is 5.95 Å². The molecule has 1 aliphatic heterocycles. The first kappa shape index (κ1) is 10.2. The van der Waals surface area contributed by atoms with Crippen molar-refractivity contribution in [3.8, 4) is 0 Å². The lowest BCUT2D eigenvalue weighted by atomic mass is 10.1. The zero-order valence-corrected chi connectivity index (χ0v) is 8.52. The van der Waals surface area contributed by atoms with Crippen molar-refractivity contribution < 1.29 is 4.74 Å². The molecular weight excluding hydrogens is 196 g/mol. The molecule has 1 saturated heterocycles. The lowest BCUT2D eigenvalue weighted by Gasteiger charge is -2.22. The van der Waals surface area contributed by atoms with Crippen LogP contribution in [0.2, 0.25) is 0 Å². The van der Waals surface area contributed by atoms with Gasteiger partial charge in [0.1, 0.15) is 6.61 Å². The molecule has 0 saturated carbocycles. The first-order valence-electron chi connectivity index (χ1n) is 5.04. The second-order valence-corrected chi connectivity index (χ2v) is 3.60. The van der Waals surface area contributed by atoms with Crippen LogP contribution in [0.1, 0.15) is 18.7 Å². The second-order valence-electron chi connectivity index (χ2n) is 3.60. The summed E-state index contributed by atoms with van der Waals surface area (Å²) in [6, 6.07) is 0. The highest BCUT2D eigenvalue weighted by molar-refractivity contribution is 5.16.